The van der Waals surface area contributed by atoms with Gasteiger partial charge in [0.15, 0.2) is 0 Å². The Hall–Kier alpha value is -3.15. The molecule has 1 saturated carbocycles. The molecule has 6 nitrogen and oxygen atoms in total. The van der Waals surface area contributed by atoms with E-state index in [4.69, 9.17) is 5.10 Å². The minimum Gasteiger partial charge on any atom is -0.332 e. The highest BCUT2D eigenvalue weighted by Crippen LogP contribution is 2.33. The number of aromatic nitrogens is 3. The molecule has 0 spiro atoms. The maximum atomic E-state index is 12.1. The van der Waals surface area contributed by atoms with Gasteiger partial charge in [0.25, 0.3) is 0 Å². The second kappa shape index (κ2) is 8.03. The molecule has 4 rings (SSSR count). The van der Waals surface area contributed by atoms with Crippen molar-refractivity contribution in [3.63, 3.8) is 0 Å². The molecular weight excluding hydrogens is 338 g/mol. The summed E-state index contributed by atoms with van der Waals surface area (Å²) in [6, 6.07) is 15.7. The summed E-state index contributed by atoms with van der Waals surface area (Å²) >= 11 is 0. The van der Waals surface area contributed by atoms with Crippen molar-refractivity contribution in [2.24, 2.45) is 0 Å². The lowest BCUT2D eigenvalue weighted by atomic mass is 10.1. The molecule has 1 aliphatic carbocycles. The lowest BCUT2D eigenvalue weighted by Crippen LogP contribution is -2.28. The molecule has 1 fully saturated rings. The standard InChI is InChI=1S/C21H23N5O/c27-21(24-17-6-2-1-3-7-17)23-15-18-14-20(16-10-12-22-13-11-16)26(25-18)19-8-4-5-9-19/h1-3,6-7,10-14,19H,4-5,8-9,15H2,(H2,23,24,27). The average Bonchev–Trinajstić information content (AvgIpc) is 3.37. The van der Waals surface area contributed by atoms with Crippen molar-refractivity contribution >= 4 is 11.7 Å². The van der Waals surface area contributed by atoms with Crippen molar-refractivity contribution in [3.05, 3.63) is 66.6 Å². The summed E-state index contributed by atoms with van der Waals surface area (Å²) in [5.41, 5.74) is 3.81. The van der Waals surface area contributed by atoms with Gasteiger partial charge in [-0.2, -0.15) is 5.10 Å². The van der Waals surface area contributed by atoms with Crippen LogP contribution >= 0.6 is 0 Å². The maximum Gasteiger partial charge on any atom is 0.319 e. The van der Waals surface area contributed by atoms with Gasteiger partial charge in [-0.3, -0.25) is 9.67 Å². The summed E-state index contributed by atoms with van der Waals surface area (Å²) in [5.74, 6) is 0. The van der Waals surface area contributed by atoms with Crippen LogP contribution in [-0.4, -0.2) is 20.8 Å². The van der Waals surface area contributed by atoms with E-state index in [0.717, 1.165) is 35.5 Å². The number of nitrogens with one attached hydrogen (secondary N) is 2. The van der Waals surface area contributed by atoms with Crippen molar-refractivity contribution in [1.29, 1.82) is 0 Å². The Morgan fingerprint density at radius 2 is 1.81 bits per heavy atom. The predicted molar refractivity (Wildman–Crippen MR) is 105 cm³/mol. The van der Waals surface area contributed by atoms with Crippen molar-refractivity contribution in [3.8, 4) is 11.3 Å². The third-order valence-corrected chi connectivity index (χ3v) is 4.89. The first kappa shape index (κ1) is 17.3. The van der Waals surface area contributed by atoms with Gasteiger partial charge in [-0.25, -0.2) is 4.79 Å². The summed E-state index contributed by atoms with van der Waals surface area (Å²) in [5, 5.41) is 10.5. The molecule has 0 radical (unpaired) electrons. The number of amides is 2. The molecule has 0 unspecified atom stereocenters. The van der Waals surface area contributed by atoms with Crippen molar-refractivity contribution in [2.75, 3.05) is 5.32 Å². The Bertz CT molecular complexity index is 885. The largest absolute Gasteiger partial charge is 0.332 e. The first-order valence-electron chi connectivity index (χ1n) is 9.38. The summed E-state index contributed by atoms with van der Waals surface area (Å²) in [6.07, 6.45) is 8.39. The molecule has 2 heterocycles. The van der Waals surface area contributed by atoms with Crippen LogP contribution in [0.1, 0.15) is 37.4 Å². The average molecular weight is 361 g/mol. The van der Waals surface area contributed by atoms with E-state index in [2.05, 4.69) is 26.4 Å². The van der Waals surface area contributed by atoms with Crippen LogP contribution in [0.5, 0.6) is 0 Å². The molecule has 138 valence electrons. The molecule has 0 aliphatic heterocycles. The highest BCUT2D eigenvalue weighted by atomic mass is 16.2. The normalized spacial score (nSPS) is 14.2. The van der Waals surface area contributed by atoms with Gasteiger partial charge in [0.05, 0.1) is 24.0 Å². The number of urea groups is 1. The van der Waals surface area contributed by atoms with E-state index in [1.54, 1.807) is 12.4 Å². The van der Waals surface area contributed by atoms with Gasteiger partial charge in [-0.1, -0.05) is 31.0 Å². The zero-order chi connectivity index (χ0) is 18.5. The van der Waals surface area contributed by atoms with E-state index in [1.807, 2.05) is 42.5 Å². The molecule has 2 amide bonds. The molecule has 2 N–H and O–H groups in total. The van der Waals surface area contributed by atoms with Gasteiger partial charge in [-0.05, 0) is 43.2 Å². The highest BCUT2D eigenvalue weighted by molar-refractivity contribution is 5.89. The van der Waals surface area contributed by atoms with Crippen molar-refractivity contribution in [1.82, 2.24) is 20.1 Å². The van der Waals surface area contributed by atoms with Gasteiger partial charge in [0, 0.05) is 23.6 Å². The Balaban J connectivity index is 1.48. The van der Waals surface area contributed by atoms with E-state index < -0.39 is 0 Å². The summed E-state index contributed by atoms with van der Waals surface area (Å²) in [6.45, 7) is 0.385. The second-order valence-corrected chi connectivity index (χ2v) is 6.81. The third-order valence-electron chi connectivity index (χ3n) is 4.89. The number of carbonyl (C=O) groups excluding carboxylic acids is 1. The predicted octanol–water partition coefficient (Wildman–Crippen LogP) is 4.38. The quantitative estimate of drug-likeness (QED) is 0.708. The number of nitrogens with zero attached hydrogens (tertiary/aromatic N) is 3. The van der Waals surface area contributed by atoms with Crippen LogP contribution in [0.3, 0.4) is 0 Å². The minimum absolute atomic E-state index is 0.234. The molecule has 6 heteroatoms. The molecule has 0 atom stereocenters. The van der Waals surface area contributed by atoms with Crippen LogP contribution in [0.25, 0.3) is 11.3 Å². The lowest BCUT2D eigenvalue weighted by molar-refractivity contribution is 0.251. The third kappa shape index (κ3) is 4.16. The summed E-state index contributed by atoms with van der Waals surface area (Å²) in [7, 11) is 0. The van der Waals surface area contributed by atoms with Crippen LogP contribution in [0, 0.1) is 0 Å². The molecule has 3 aromatic rings. The molecule has 1 aromatic carbocycles. The van der Waals surface area contributed by atoms with Gasteiger partial charge < -0.3 is 10.6 Å². The molecule has 27 heavy (non-hydrogen) atoms. The number of para-hydroxylation sites is 1. The topological polar surface area (TPSA) is 71.8 Å². The number of pyridine rings is 1. The molecule has 2 aromatic heterocycles. The van der Waals surface area contributed by atoms with Crippen LogP contribution in [0.4, 0.5) is 10.5 Å². The fourth-order valence-corrected chi connectivity index (χ4v) is 3.56. The molecule has 1 aliphatic rings. The smallest absolute Gasteiger partial charge is 0.319 e. The monoisotopic (exact) mass is 361 g/mol. The number of rotatable bonds is 5. The first-order valence-corrected chi connectivity index (χ1v) is 9.38. The zero-order valence-corrected chi connectivity index (χ0v) is 15.1. The van der Waals surface area contributed by atoms with Crippen molar-refractivity contribution < 1.29 is 4.79 Å². The van der Waals surface area contributed by atoms with Crippen LogP contribution in [0.2, 0.25) is 0 Å². The number of anilines is 1. The maximum absolute atomic E-state index is 12.1. The van der Waals surface area contributed by atoms with Gasteiger partial charge in [-0.15, -0.1) is 0 Å². The number of carbonyl (C=O) groups is 1. The van der Waals surface area contributed by atoms with Gasteiger partial charge >= 0.3 is 6.03 Å². The summed E-state index contributed by atoms with van der Waals surface area (Å²) < 4.78 is 2.13. The number of benzene rings is 1. The van der Waals surface area contributed by atoms with Crippen LogP contribution in [0.15, 0.2) is 60.9 Å². The molecule has 0 bridgehead atoms. The first-order chi connectivity index (χ1) is 13.3. The highest BCUT2D eigenvalue weighted by Gasteiger charge is 2.22. The fourth-order valence-electron chi connectivity index (χ4n) is 3.56. The molecule has 0 saturated heterocycles. The van der Waals surface area contributed by atoms with Gasteiger partial charge in [0.1, 0.15) is 0 Å². The number of hydrogen-bond donors (Lipinski definition) is 2. The van der Waals surface area contributed by atoms with Crippen molar-refractivity contribution in [2.45, 2.75) is 38.3 Å². The zero-order valence-electron chi connectivity index (χ0n) is 15.1. The van der Waals surface area contributed by atoms with E-state index in [9.17, 15) is 4.79 Å². The number of hydrogen-bond acceptors (Lipinski definition) is 3. The fraction of sp³-hybridized carbons (Fsp3) is 0.286. The Labute approximate surface area is 158 Å². The second-order valence-electron chi connectivity index (χ2n) is 6.81. The Morgan fingerprint density at radius 3 is 2.56 bits per heavy atom. The lowest BCUT2D eigenvalue weighted by Gasteiger charge is -2.14. The van der Waals surface area contributed by atoms with E-state index >= 15 is 0 Å². The minimum atomic E-state index is -0.234. The van der Waals surface area contributed by atoms with Crippen LogP contribution in [-0.2, 0) is 6.54 Å². The Morgan fingerprint density at radius 1 is 1.07 bits per heavy atom. The van der Waals surface area contributed by atoms with Crippen LogP contribution < -0.4 is 10.6 Å². The molecular formula is C21H23N5O. The SMILES string of the molecule is O=C(NCc1cc(-c2ccncc2)n(C2CCCC2)n1)Nc1ccccc1. The Kier molecular flexibility index (Phi) is 5.14. The van der Waals surface area contributed by atoms with E-state index in [1.165, 1.54) is 12.8 Å². The summed E-state index contributed by atoms with van der Waals surface area (Å²) in [4.78, 5) is 16.2. The van der Waals surface area contributed by atoms with E-state index in [0.29, 0.717) is 12.6 Å². The van der Waals surface area contributed by atoms with E-state index in [-0.39, 0.29) is 6.03 Å². The van der Waals surface area contributed by atoms with Gasteiger partial charge in [0.2, 0.25) is 0 Å².